The summed E-state index contributed by atoms with van der Waals surface area (Å²) >= 11 is 0. The van der Waals surface area contributed by atoms with E-state index in [9.17, 15) is 8.78 Å². The number of aromatic nitrogens is 2. The van der Waals surface area contributed by atoms with Crippen molar-refractivity contribution >= 4 is 19.3 Å². The van der Waals surface area contributed by atoms with E-state index in [-0.39, 0.29) is 23.7 Å². The highest BCUT2D eigenvalue weighted by molar-refractivity contribution is 6.32. The fourth-order valence-corrected chi connectivity index (χ4v) is 2.91. The van der Waals surface area contributed by atoms with Gasteiger partial charge in [0.1, 0.15) is 7.85 Å². The highest BCUT2D eigenvalue weighted by Crippen LogP contribution is 2.24. The largest absolute Gasteiger partial charge is 0.487 e. The summed E-state index contributed by atoms with van der Waals surface area (Å²) < 4.78 is 32.9. The van der Waals surface area contributed by atoms with Crippen LogP contribution in [0.5, 0.6) is 5.75 Å². The molecule has 0 spiro atoms. The van der Waals surface area contributed by atoms with Gasteiger partial charge in [-0.1, -0.05) is 12.4 Å². The molecule has 0 N–H and O–H groups in total. The standard InChI is InChI=1S/C18H20BF2N3O/c1-2-12-9-22-18(23-10-12)24-5-3-13(4-6-24)11-25-17-15(20)7-14(19)8-16(17)21/h7-10,13H,2-6,11H2,1H3. The number of piperidine rings is 1. The molecule has 2 heterocycles. The minimum absolute atomic E-state index is 0.0461. The molecule has 2 aromatic rings. The first-order valence-corrected chi connectivity index (χ1v) is 8.50. The molecule has 0 unspecified atom stereocenters. The van der Waals surface area contributed by atoms with Crippen LogP contribution < -0.4 is 15.1 Å². The molecule has 1 aromatic carbocycles. The Morgan fingerprint density at radius 3 is 2.32 bits per heavy atom. The van der Waals surface area contributed by atoms with Crippen LogP contribution in [0.3, 0.4) is 0 Å². The van der Waals surface area contributed by atoms with Gasteiger partial charge in [-0.25, -0.2) is 18.7 Å². The molecule has 4 nitrogen and oxygen atoms in total. The third kappa shape index (κ3) is 4.27. The second kappa shape index (κ2) is 7.80. The summed E-state index contributed by atoms with van der Waals surface area (Å²) in [5.74, 6) is -0.913. The van der Waals surface area contributed by atoms with E-state index in [1.165, 1.54) is 0 Å². The lowest BCUT2D eigenvalue weighted by Crippen LogP contribution is -2.36. The number of anilines is 1. The van der Waals surface area contributed by atoms with Gasteiger partial charge >= 0.3 is 0 Å². The molecule has 7 heteroatoms. The second-order valence-corrected chi connectivity index (χ2v) is 6.30. The van der Waals surface area contributed by atoms with Crippen molar-refractivity contribution in [1.82, 2.24) is 9.97 Å². The second-order valence-electron chi connectivity index (χ2n) is 6.30. The van der Waals surface area contributed by atoms with Crippen LogP contribution in [0.1, 0.15) is 25.3 Å². The maximum Gasteiger partial charge on any atom is 0.225 e. The Kier molecular flexibility index (Phi) is 5.51. The summed E-state index contributed by atoms with van der Waals surface area (Å²) in [6.45, 7) is 3.94. The van der Waals surface area contributed by atoms with Crippen molar-refractivity contribution in [3.63, 3.8) is 0 Å². The molecule has 0 atom stereocenters. The maximum absolute atomic E-state index is 13.7. The third-order valence-electron chi connectivity index (χ3n) is 4.48. The number of halogens is 2. The van der Waals surface area contributed by atoms with Crippen molar-refractivity contribution in [3.05, 3.63) is 41.7 Å². The van der Waals surface area contributed by atoms with Gasteiger partial charge in [-0.15, -0.1) is 0 Å². The van der Waals surface area contributed by atoms with Crippen LogP contribution in [-0.2, 0) is 6.42 Å². The Morgan fingerprint density at radius 2 is 1.76 bits per heavy atom. The monoisotopic (exact) mass is 343 g/mol. The van der Waals surface area contributed by atoms with E-state index in [0.717, 1.165) is 56.0 Å². The van der Waals surface area contributed by atoms with Crippen molar-refractivity contribution in [2.45, 2.75) is 26.2 Å². The molecule has 1 saturated heterocycles. The molecule has 1 aliphatic rings. The first-order valence-electron chi connectivity index (χ1n) is 8.50. The van der Waals surface area contributed by atoms with E-state index >= 15 is 0 Å². The number of rotatable bonds is 5. The summed E-state index contributed by atoms with van der Waals surface area (Å²) in [6, 6.07) is 2.14. The van der Waals surface area contributed by atoms with Gasteiger partial charge in [0, 0.05) is 25.5 Å². The van der Waals surface area contributed by atoms with Crippen LogP contribution in [0.4, 0.5) is 14.7 Å². The lowest BCUT2D eigenvalue weighted by atomic mass is 9.96. The Labute approximate surface area is 147 Å². The fraction of sp³-hybridized carbons (Fsp3) is 0.444. The summed E-state index contributed by atoms with van der Waals surface area (Å²) in [7, 11) is 5.40. The zero-order chi connectivity index (χ0) is 17.8. The van der Waals surface area contributed by atoms with Gasteiger partial charge < -0.3 is 9.64 Å². The zero-order valence-electron chi connectivity index (χ0n) is 14.2. The lowest BCUT2D eigenvalue weighted by Gasteiger charge is -2.31. The smallest absolute Gasteiger partial charge is 0.225 e. The molecular weight excluding hydrogens is 323 g/mol. The first-order chi connectivity index (χ1) is 12.1. The summed E-state index contributed by atoms with van der Waals surface area (Å²) in [4.78, 5) is 10.9. The number of ether oxygens (including phenoxy) is 1. The lowest BCUT2D eigenvalue weighted by molar-refractivity contribution is 0.207. The van der Waals surface area contributed by atoms with Gasteiger partial charge in [0.15, 0.2) is 17.4 Å². The van der Waals surface area contributed by atoms with Gasteiger partial charge in [-0.05, 0) is 42.9 Å². The molecule has 1 fully saturated rings. The van der Waals surface area contributed by atoms with Crippen molar-refractivity contribution in [3.8, 4) is 5.75 Å². The van der Waals surface area contributed by atoms with E-state index in [2.05, 4.69) is 21.8 Å². The third-order valence-corrected chi connectivity index (χ3v) is 4.48. The molecule has 2 radical (unpaired) electrons. The zero-order valence-corrected chi connectivity index (χ0v) is 14.2. The predicted octanol–water partition coefficient (Wildman–Crippen LogP) is 2.41. The Bertz CT molecular complexity index is 696. The highest BCUT2D eigenvalue weighted by Gasteiger charge is 2.22. The van der Waals surface area contributed by atoms with Crippen molar-refractivity contribution in [1.29, 1.82) is 0 Å². The Hall–Kier alpha value is -2.18. The number of nitrogens with zero attached hydrogens (tertiary/aromatic N) is 3. The van der Waals surface area contributed by atoms with Gasteiger partial charge in [0.2, 0.25) is 5.95 Å². The average molecular weight is 343 g/mol. The average Bonchev–Trinajstić information content (AvgIpc) is 2.61. The van der Waals surface area contributed by atoms with E-state index in [4.69, 9.17) is 12.6 Å². The topological polar surface area (TPSA) is 38.2 Å². The van der Waals surface area contributed by atoms with Gasteiger partial charge in [0.05, 0.1) is 6.61 Å². The summed E-state index contributed by atoms with van der Waals surface area (Å²) in [6.07, 6.45) is 6.33. The molecule has 0 saturated carbocycles. The molecule has 1 aromatic heterocycles. The van der Waals surface area contributed by atoms with Crippen LogP contribution in [0.25, 0.3) is 0 Å². The fourth-order valence-electron chi connectivity index (χ4n) is 2.91. The number of hydrogen-bond donors (Lipinski definition) is 0. The predicted molar refractivity (Wildman–Crippen MR) is 93.6 cm³/mol. The van der Waals surface area contributed by atoms with E-state index in [1.807, 2.05) is 12.4 Å². The normalized spacial score (nSPS) is 15.4. The molecule has 1 aliphatic heterocycles. The van der Waals surface area contributed by atoms with Crippen LogP contribution in [0.2, 0.25) is 0 Å². The summed E-state index contributed by atoms with van der Waals surface area (Å²) in [5.41, 5.74) is 1.16. The Balaban J connectivity index is 1.52. The molecule has 3 rings (SSSR count). The molecule has 0 amide bonds. The Morgan fingerprint density at radius 1 is 1.16 bits per heavy atom. The molecular formula is C18H20BF2N3O. The van der Waals surface area contributed by atoms with Gasteiger partial charge in [-0.3, -0.25) is 0 Å². The van der Waals surface area contributed by atoms with Crippen molar-refractivity contribution in [2.75, 3.05) is 24.6 Å². The van der Waals surface area contributed by atoms with Crippen LogP contribution >= 0.6 is 0 Å². The molecule has 130 valence electrons. The van der Waals surface area contributed by atoms with E-state index in [1.54, 1.807) is 0 Å². The highest BCUT2D eigenvalue weighted by atomic mass is 19.1. The van der Waals surface area contributed by atoms with E-state index < -0.39 is 11.6 Å². The van der Waals surface area contributed by atoms with Crippen LogP contribution in [0, 0.1) is 17.6 Å². The first kappa shape index (κ1) is 17.6. The molecule has 0 aliphatic carbocycles. The van der Waals surface area contributed by atoms with E-state index in [0.29, 0.717) is 0 Å². The minimum Gasteiger partial charge on any atom is -0.487 e. The van der Waals surface area contributed by atoms with Crippen molar-refractivity contribution < 1.29 is 13.5 Å². The number of aryl methyl sites for hydroxylation is 1. The van der Waals surface area contributed by atoms with Crippen molar-refractivity contribution in [2.24, 2.45) is 5.92 Å². The molecule has 0 bridgehead atoms. The summed E-state index contributed by atoms with van der Waals surface area (Å²) in [5, 5.41) is 0. The van der Waals surface area contributed by atoms with Crippen LogP contribution in [0.15, 0.2) is 24.5 Å². The number of benzene rings is 1. The van der Waals surface area contributed by atoms with Gasteiger partial charge in [0.25, 0.3) is 0 Å². The van der Waals surface area contributed by atoms with Crippen LogP contribution in [-0.4, -0.2) is 37.5 Å². The van der Waals surface area contributed by atoms with Gasteiger partial charge in [-0.2, -0.15) is 0 Å². The maximum atomic E-state index is 13.7. The number of hydrogen-bond acceptors (Lipinski definition) is 4. The quantitative estimate of drug-likeness (QED) is 0.782. The molecule has 25 heavy (non-hydrogen) atoms. The minimum atomic E-state index is -0.764. The SMILES string of the molecule is [B]c1cc(F)c(OCC2CCN(c3ncc(CC)cn3)CC2)c(F)c1.